The third-order valence-corrected chi connectivity index (χ3v) is 8.06. The van der Waals surface area contributed by atoms with Gasteiger partial charge in [-0.2, -0.15) is 0 Å². The first-order chi connectivity index (χ1) is 15.3. The molecule has 2 fully saturated rings. The van der Waals surface area contributed by atoms with Gasteiger partial charge in [-0.3, -0.25) is 14.5 Å². The molecule has 0 radical (unpaired) electrons. The van der Waals surface area contributed by atoms with Crippen LogP contribution in [0.2, 0.25) is 0 Å². The van der Waals surface area contributed by atoms with Gasteiger partial charge in [0.05, 0.1) is 22.1 Å². The number of esters is 1. The van der Waals surface area contributed by atoms with Gasteiger partial charge in [-0.15, -0.1) is 0 Å². The predicted molar refractivity (Wildman–Crippen MR) is 131 cm³/mol. The van der Waals surface area contributed by atoms with Crippen LogP contribution in [0.25, 0.3) is 0 Å². The average molecular weight is 574 g/mol. The normalized spacial score (nSPS) is 19.7. The Morgan fingerprint density at radius 2 is 1.59 bits per heavy atom. The van der Waals surface area contributed by atoms with Gasteiger partial charge >= 0.3 is 5.97 Å². The highest BCUT2D eigenvalue weighted by molar-refractivity contribution is 9.11. The number of nitrogens with zero attached hydrogens (tertiary/aromatic N) is 2. The molecule has 0 bridgehead atoms. The van der Waals surface area contributed by atoms with Gasteiger partial charge in [-0.25, -0.2) is 0 Å². The molecule has 1 aromatic rings. The van der Waals surface area contributed by atoms with E-state index in [0.717, 1.165) is 57.4 Å². The molecule has 1 amide bonds. The predicted octanol–water partition coefficient (Wildman–Crippen LogP) is 4.61. The van der Waals surface area contributed by atoms with Gasteiger partial charge in [-0.1, -0.05) is 6.92 Å². The van der Waals surface area contributed by atoms with Gasteiger partial charge in [-0.05, 0) is 114 Å². The van der Waals surface area contributed by atoms with E-state index in [0.29, 0.717) is 40.4 Å². The molecular weight excluding hydrogens is 540 g/mol. The zero-order chi connectivity index (χ0) is 23.3. The minimum Gasteiger partial charge on any atom is -0.506 e. The van der Waals surface area contributed by atoms with Crippen LogP contribution in [0.15, 0.2) is 21.1 Å². The summed E-state index contributed by atoms with van der Waals surface area (Å²) in [5.74, 6) is 1.53. The monoisotopic (exact) mass is 572 g/mol. The lowest BCUT2D eigenvalue weighted by Gasteiger charge is -2.40. The van der Waals surface area contributed by atoms with Gasteiger partial charge in [0.2, 0.25) is 5.91 Å². The van der Waals surface area contributed by atoms with Crippen LogP contribution in [-0.2, 0) is 20.7 Å². The average Bonchev–Trinajstić information content (AvgIpc) is 2.77. The van der Waals surface area contributed by atoms with Crippen LogP contribution < -0.4 is 0 Å². The Bertz CT molecular complexity index is 780. The van der Waals surface area contributed by atoms with Gasteiger partial charge in [0.25, 0.3) is 0 Å². The van der Waals surface area contributed by atoms with Gasteiger partial charge in [0, 0.05) is 19.0 Å². The summed E-state index contributed by atoms with van der Waals surface area (Å²) < 4.78 is 6.33. The zero-order valence-corrected chi connectivity index (χ0v) is 22.2. The molecule has 2 saturated heterocycles. The molecule has 1 N–H and O–H groups in total. The van der Waals surface area contributed by atoms with Crippen LogP contribution in [0.5, 0.6) is 5.75 Å². The van der Waals surface area contributed by atoms with Crippen LogP contribution in [-0.4, -0.2) is 66.1 Å². The van der Waals surface area contributed by atoms with Crippen molar-refractivity contribution in [3.05, 3.63) is 26.6 Å². The highest BCUT2D eigenvalue weighted by Crippen LogP contribution is 2.35. The fraction of sp³-hybridized carbons (Fsp3) is 0.667. The third-order valence-electron chi connectivity index (χ3n) is 6.85. The minimum absolute atomic E-state index is 0.0963. The number of phenolic OH excluding ortho intramolecular Hbond substituents is 1. The molecule has 3 rings (SSSR count). The number of carbonyl (C=O) groups excluding carboxylic acids is 2. The number of hydrogen-bond acceptors (Lipinski definition) is 5. The number of rotatable bonds is 7. The summed E-state index contributed by atoms with van der Waals surface area (Å²) in [6.07, 6.45) is 5.03. The van der Waals surface area contributed by atoms with E-state index in [4.69, 9.17) is 4.74 Å². The van der Waals surface area contributed by atoms with E-state index in [2.05, 4.69) is 36.8 Å². The second-order valence-corrected chi connectivity index (χ2v) is 10.8. The van der Waals surface area contributed by atoms with Crippen molar-refractivity contribution in [1.82, 2.24) is 9.80 Å². The standard InChI is InChI=1S/C24H34Br2N2O4/c1-3-32-22(29)15-27-8-4-18(5-9-27)19-6-10-28(11-7-19)24(31)16(2)12-17-13-20(25)23(30)21(26)14-17/h13-14,16,18-19,30H,3-12,15H2,1-2H3/t16-/m1/s1. The van der Waals surface area contributed by atoms with Crippen molar-refractivity contribution in [3.8, 4) is 5.75 Å². The molecule has 0 unspecified atom stereocenters. The van der Waals surface area contributed by atoms with Crippen molar-refractivity contribution >= 4 is 43.7 Å². The molecule has 0 spiro atoms. The molecule has 2 aliphatic heterocycles. The number of likely N-dealkylation sites (tertiary alicyclic amines) is 2. The second-order valence-electron chi connectivity index (χ2n) is 9.09. The molecule has 32 heavy (non-hydrogen) atoms. The Hall–Kier alpha value is -1.12. The molecule has 0 aliphatic carbocycles. The fourth-order valence-corrected chi connectivity index (χ4v) is 6.33. The first-order valence-corrected chi connectivity index (χ1v) is 13.2. The maximum absolute atomic E-state index is 13.0. The number of ether oxygens (including phenoxy) is 1. The van der Waals surface area contributed by atoms with Gasteiger partial charge in [0.1, 0.15) is 5.75 Å². The Labute approximate surface area is 207 Å². The summed E-state index contributed by atoms with van der Waals surface area (Å²) in [4.78, 5) is 29.0. The second kappa shape index (κ2) is 11.8. The van der Waals surface area contributed by atoms with E-state index in [1.54, 1.807) is 0 Å². The van der Waals surface area contributed by atoms with Crippen molar-refractivity contribution < 1.29 is 19.4 Å². The zero-order valence-electron chi connectivity index (χ0n) is 19.0. The maximum atomic E-state index is 13.0. The van der Waals surface area contributed by atoms with E-state index in [1.165, 1.54) is 0 Å². The van der Waals surface area contributed by atoms with Crippen molar-refractivity contribution in [3.63, 3.8) is 0 Å². The summed E-state index contributed by atoms with van der Waals surface area (Å²) in [6.45, 7) is 8.25. The van der Waals surface area contributed by atoms with Crippen molar-refractivity contribution in [2.45, 2.75) is 46.0 Å². The number of piperidine rings is 2. The molecule has 8 heteroatoms. The lowest BCUT2D eigenvalue weighted by Crippen LogP contribution is -2.45. The van der Waals surface area contributed by atoms with Crippen LogP contribution >= 0.6 is 31.9 Å². The SMILES string of the molecule is CCOC(=O)CN1CCC(C2CCN(C(=O)[C@H](C)Cc3cc(Br)c(O)c(Br)c3)CC2)CC1. The molecule has 0 saturated carbocycles. The number of phenols is 1. The lowest BCUT2D eigenvalue weighted by atomic mass is 9.78. The number of halogens is 2. The molecule has 178 valence electrons. The van der Waals surface area contributed by atoms with Crippen molar-refractivity contribution in [1.29, 1.82) is 0 Å². The van der Waals surface area contributed by atoms with Crippen LogP contribution in [0.1, 0.15) is 45.1 Å². The summed E-state index contributed by atoms with van der Waals surface area (Å²) in [5.41, 5.74) is 1.02. The van der Waals surface area contributed by atoms with Crippen LogP contribution in [0.3, 0.4) is 0 Å². The molecule has 0 aromatic heterocycles. The quantitative estimate of drug-likeness (QED) is 0.482. The summed E-state index contributed by atoms with van der Waals surface area (Å²) >= 11 is 6.73. The molecular formula is C24H34Br2N2O4. The number of hydrogen-bond donors (Lipinski definition) is 1. The molecule has 1 atom stereocenters. The fourth-order valence-electron chi connectivity index (χ4n) is 5.05. The molecule has 1 aromatic carbocycles. The number of benzene rings is 1. The highest BCUT2D eigenvalue weighted by atomic mass is 79.9. The molecule has 2 aliphatic rings. The van der Waals surface area contributed by atoms with E-state index in [-0.39, 0.29) is 23.5 Å². The van der Waals surface area contributed by atoms with Crippen LogP contribution in [0.4, 0.5) is 0 Å². The van der Waals surface area contributed by atoms with Gasteiger partial charge < -0.3 is 14.7 Å². The highest BCUT2D eigenvalue weighted by Gasteiger charge is 2.32. The number of carbonyl (C=O) groups is 2. The van der Waals surface area contributed by atoms with Crippen molar-refractivity contribution in [2.75, 3.05) is 39.3 Å². The first-order valence-electron chi connectivity index (χ1n) is 11.6. The van der Waals surface area contributed by atoms with Crippen molar-refractivity contribution in [2.24, 2.45) is 17.8 Å². The molecule has 6 nitrogen and oxygen atoms in total. The van der Waals surface area contributed by atoms with E-state index >= 15 is 0 Å². The Kier molecular flexibility index (Phi) is 9.44. The first kappa shape index (κ1) is 25.5. The maximum Gasteiger partial charge on any atom is 0.320 e. The summed E-state index contributed by atoms with van der Waals surface area (Å²) in [7, 11) is 0. The van der Waals surface area contributed by atoms with E-state index < -0.39 is 0 Å². The Morgan fingerprint density at radius 3 is 2.12 bits per heavy atom. The number of amides is 1. The Balaban J connectivity index is 1.43. The molecule has 2 heterocycles. The lowest BCUT2D eigenvalue weighted by molar-refractivity contribution is -0.144. The van der Waals surface area contributed by atoms with Gasteiger partial charge in [0.15, 0.2) is 0 Å². The minimum atomic E-state index is -0.126. The largest absolute Gasteiger partial charge is 0.506 e. The number of aromatic hydroxyl groups is 1. The summed E-state index contributed by atoms with van der Waals surface area (Å²) in [6, 6.07) is 3.76. The van der Waals surface area contributed by atoms with E-state index in [9.17, 15) is 14.7 Å². The Morgan fingerprint density at radius 1 is 1.06 bits per heavy atom. The van der Waals surface area contributed by atoms with E-state index in [1.807, 2.05) is 30.9 Å². The smallest absolute Gasteiger partial charge is 0.320 e. The summed E-state index contributed by atoms with van der Waals surface area (Å²) in [5, 5.41) is 9.89. The topological polar surface area (TPSA) is 70.1 Å². The third kappa shape index (κ3) is 6.70. The van der Waals surface area contributed by atoms with Crippen LogP contribution in [0, 0.1) is 17.8 Å².